The van der Waals surface area contributed by atoms with Crippen LogP contribution in [0.5, 0.6) is 5.75 Å². The fraction of sp³-hybridized carbons (Fsp3) is 0.172. The van der Waals surface area contributed by atoms with Crippen LogP contribution < -0.4 is 20.3 Å². The molecule has 0 radical (unpaired) electrons. The molecule has 0 spiro atoms. The van der Waals surface area contributed by atoms with E-state index in [-0.39, 0.29) is 42.4 Å². The topological polar surface area (TPSA) is 105 Å². The van der Waals surface area contributed by atoms with Crippen molar-refractivity contribution in [3.05, 3.63) is 92.3 Å². The fourth-order valence-electron chi connectivity index (χ4n) is 3.89. The summed E-state index contributed by atoms with van der Waals surface area (Å²) in [6, 6.07) is 13.9. The van der Waals surface area contributed by atoms with Crippen molar-refractivity contribution in [3.8, 4) is 5.75 Å². The van der Waals surface area contributed by atoms with Crippen molar-refractivity contribution in [1.29, 1.82) is 0 Å². The number of pyridine rings is 1. The molecule has 2 N–H and O–H groups in total. The molecule has 0 aliphatic carbocycles. The van der Waals surface area contributed by atoms with Gasteiger partial charge in [-0.15, -0.1) is 12.4 Å². The van der Waals surface area contributed by atoms with Crippen molar-refractivity contribution in [1.82, 2.24) is 14.7 Å². The predicted molar refractivity (Wildman–Crippen MR) is 172 cm³/mol. The molecule has 2 aromatic heterocycles. The van der Waals surface area contributed by atoms with E-state index in [1.165, 1.54) is 17.9 Å². The number of halogens is 4. The maximum absolute atomic E-state index is 12.9. The van der Waals surface area contributed by atoms with Crippen molar-refractivity contribution in [2.24, 2.45) is 0 Å². The maximum Gasteiger partial charge on any atom is 0.246 e. The largest absolute Gasteiger partial charge is 0.485 e. The van der Waals surface area contributed by atoms with Crippen LogP contribution in [0.4, 0.5) is 11.4 Å². The fourth-order valence-corrected chi connectivity index (χ4v) is 4.87. The third kappa shape index (κ3) is 7.83. The number of likely N-dealkylation sites (N-methyl/N-ethyl adjacent to an activating group) is 1. The number of aromatic nitrogens is 2. The van der Waals surface area contributed by atoms with Gasteiger partial charge in [0, 0.05) is 42.5 Å². The first-order chi connectivity index (χ1) is 19.5. The van der Waals surface area contributed by atoms with E-state index in [2.05, 4.69) is 31.5 Å². The number of nitrogens with zero attached hydrogens (tertiary/aromatic N) is 3. The summed E-state index contributed by atoms with van der Waals surface area (Å²) in [5.74, 6) is -0.449. The minimum atomic E-state index is -0.441. The molecular weight excluding hydrogens is 669 g/mol. The van der Waals surface area contributed by atoms with Gasteiger partial charge in [0.25, 0.3) is 0 Å². The van der Waals surface area contributed by atoms with Gasteiger partial charge in [-0.05, 0) is 70.9 Å². The summed E-state index contributed by atoms with van der Waals surface area (Å²) in [4.78, 5) is 42.2. The van der Waals surface area contributed by atoms with Crippen LogP contribution in [0, 0.1) is 6.92 Å². The lowest BCUT2D eigenvalue weighted by Gasteiger charge is -2.21. The van der Waals surface area contributed by atoms with Crippen molar-refractivity contribution in [2.45, 2.75) is 20.5 Å². The predicted octanol–water partition coefficient (Wildman–Crippen LogP) is 6.46. The van der Waals surface area contributed by atoms with E-state index < -0.39 is 5.91 Å². The van der Waals surface area contributed by atoms with E-state index >= 15 is 0 Å². The lowest BCUT2D eigenvalue weighted by Crippen LogP contribution is -2.37. The van der Waals surface area contributed by atoms with Gasteiger partial charge in [0.2, 0.25) is 17.7 Å². The molecule has 0 unspecified atom stereocenters. The van der Waals surface area contributed by atoms with Gasteiger partial charge in [-0.2, -0.15) is 0 Å². The minimum absolute atomic E-state index is 0. The molecule has 0 atom stereocenters. The van der Waals surface area contributed by atoms with Crippen molar-refractivity contribution < 1.29 is 19.1 Å². The molecule has 0 saturated carbocycles. The number of rotatable bonds is 9. The van der Waals surface area contributed by atoms with Crippen molar-refractivity contribution in [2.75, 3.05) is 23.8 Å². The highest BCUT2D eigenvalue weighted by atomic mass is 79.9. The molecule has 9 nitrogen and oxygen atoms in total. The van der Waals surface area contributed by atoms with Gasteiger partial charge in [0.1, 0.15) is 11.2 Å². The molecule has 3 amide bonds. The van der Waals surface area contributed by atoms with Gasteiger partial charge in [0.05, 0.1) is 22.9 Å². The number of anilines is 2. The van der Waals surface area contributed by atoms with Crippen LogP contribution in [0.1, 0.15) is 23.7 Å². The number of amides is 3. The highest BCUT2D eigenvalue weighted by molar-refractivity contribution is 9.10. The normalized spacial score (nSPS) is 10.8. The summed E-state index contributed by atoms with van der Waals surface area (Å²) in [6.45, 7) is 3.11. The van der Waals surface area contributed by atoms with E-state index in [1.54, 1.807) is 55.6 Å². The van der Waals surface area contributed by atoms with Gasteiger partial charge in [-0.1, -0.05) is 35.3 Å². The second-order valence-electron chi connectivity index (χ2n) is 9.01. The molecule has 42 heavy (non-hydrogen) atoms. The second kappa shape index (κ2) is 14.6. The zero-order chi connectivity index (χ0) is 29.7. The van der Waals surface area contributed by atoms with Gasteiger partial charge in [-0.25, -0.2) is 4.98 Å². The zero-order valence-electron chi connectivity index (χ0n) is 22.8. The van der Waals surface area contributed by atoms with Crippen LogP contribution in [0.3, 0.4) is 0 Å². The lowest BCUT2D eigenvalue weighted by atomic mass is 10.2. The number of ether oxygens (including phenoxy) is 1. The van der Waals surface area contributed by atoms with Gasteiger partial charge in [0.15, 0.2) is 11.4 Å². The van der Waals surface area contributed by atoms with Crippen LogP contribution in [0.15, 0.2) is 65.4 Å². The van der Waals surface area contributed by atoms with E-state index in [0.717, 1.165) is 15.9 Å². The van der Waals surface area contributed by atoms with Gasteiger partial charge >= 0.3 is 0 Å². The Morgan fingerprint density at radius 2 is 1.83 bits per heavy atom. The minimum Gasteiger partial charge on any atom is -0.485 e. The Hall–Kier alpha value is -3.57. The zero-order valence-corrected chi connectivity index (χ0v) is 26.7. The van der Waals surface area contributed by atoms with E-state index in [0.29, 0.717) is 33.4 Å². The van der Waals surface area contributed by atoms with Crippen molar-refractivity contribution >= 4 is 92.4 Å². The Labute approximate surface area is 267 Å². The number of nitrogens with one attached hydrogen (secondary N) is 2. The van der Waals surface area contributed by atoms with Crippen LogP contribution >= 0.6 is 51.5 Å². The molecule has 4 aromatic rings. The molecule has 2 aromatic carbocycles. The summed E-state index contributed by atoms with van der Waals surface area (Å²) in [6.07, 6.45) is 4.80. The third-order valence-electron chi connectivity index (χ3n) is 6.06. The Morgan fingerprint density at radius 3 is 2.52 bits per heavy atom. The van der Waals surface area contributed by atoms with Crippen molar-refractivity contribution in [3.63, 3.8) is 0 Å². The quantitative estimate of drug-likeness (QED) is 0.196. The molecule has 220 valence electrons. The van der Waals surface area contributed by atoms with Crippen LogP contribution in [-0.2, 0) is 21.0 Å². The first kappa shape index (κ1) is 32.9. The summed E-state index contributed by atoms with van der Waals surface area (Å²) in [7, 11) is 1.56. The molecule has 0 aliphatic heterocycles. The average molecular weight is 696 g/mol. The number of aryl methyl sites for hydroxylation is 1. The first-order valence-corrected chi connectivity index (χ1v) is 13.9. The number of hydrogen-bond donors (Lipinski definition) is 2. The summed E-state index contributed by atoms with van der Waals surface area (Å²) in [5.41, 5.74) is 3.79. The maximum atomic E-state index is 12.9. The van der Waals surface area contributed by atoms with Crippen LogP contribution in [0.25, 0.3) is 11.7 Å². The number of carbonyl (C=O) groups excluding carboxylic acids is 3. The molecule has 0 aliphatic rings. The number of hydrogen-bond acceptors (Lipinski definition) is 5. The average Bonchev–Trinajstić information content (AvgIpc) is 3.24. The van der Waals surface area contributed by atoms with Crippen LogP contribution in [-0.4, -0.2) is 40.7 Å². The molecule has 2 heterocycles. The highest BCUT2D eigenvalue weighted by Gasteiger charge is 2.20. The molecule has 0 fully saturated rings. The lowest BCUT2D eigenvalue weighted by molar-refractivity contribution is -0.122. The monoisotopic (exact) mass is 693 g/mol. The summed E-state index contributed by atoms with van der Waals surface area (Å²) < 4.78 is 8.73. The van der Waals surface area contributed by atoms with E-state index in [9.17, 15) is 14.4 Å². The number of fused-ring (bicyclic) bond motifs is 1. The highest BCUT2D eigenvalue weighted by Crippen LogP contribution is 2.35. The van der Waals surface area contributed by atoms with Crippen LogP contribution in [0.2, 0.25) is 10.0 Å². The summed E-state index contributed by atoms with van der Waals surface area (Å²) in [5, 5.41) is 5.89. The molecule has 0 bridgehead atoms. The Balaban J connectivity index is 0.00000484. The number of imidazole rings is 1. The SMILES string of the molecule is CC(=O)Nc1ccc(/C=C/C(=O)NCC(=O)N(C)c2ccc(Cl)c(COc3cccn4c(Br)c(C)nc34)c2Cl)cc1.Cl. The smallest absolute Gasteiger partial charge is 0.246 e. The molecule has 4 rings (SSSR count). The molecule has 0 saturated heterocycles. The Kier molecular flexibility index (Phi) is 11.4. The number of benzene rings is 2. The molecule has 13 heteroatoms. The van der Waals surface area contributed by atoms with Gasteiger partial charge in [-0.3, -0.25) is 18.8 Å². The van der Waals surface area contributed by atoms with Gasteiger partial charge < -0.3 is 20.3 Å². The standard InChI is InChI=1S/C29H26BrCl2N5O4.ClH/c1-17-28(30)37-14-4-5-24(29(37)34-17)41-16-21-22(31)11-12-23(27(21)32)36(3)26(40)15-33-25(39)13-8-19-6-9-20(10-7-19)35-18(2)38;/h4-14H,15-16H2,1-3H3,(H,33,39)(H,35,38);1H/b13-8+;. The third-order valence-corrected chi connectivity index (χ3v) is 7.79. The van der Waals surface area contributed by atoms with E-state index in [4.69, 9.17) is 27.9 Å². The summed E-state index contributed by atoms with van der Waals surface area (Å²) >= 11 is 16.6. The first-order valence-electron chi connectivity index (χ1n) is 12.4. The second-order valence-corrected chi connectivity index (χ2v) is 10.5. The Bertz CT molecular complexity index is 1660. The Morgan fingerprint density at radius 1 is 1.12 bits per heavy atom. The molecular formula is C29H27BrCl3N5O4. The number of carbonyl (C=O) groups is 3. The van der Waals surface area contributed by atoms with E-state index in [1.807, 2.05) is 23.6 Å².